The minimum atomic E-state index is -0.677. The molecule has 0 bridgehead atoms. The average molecular weight is 451 g/mol. The number of aryl methyl sites for hydroxylation is 1. The number of ether oxygens (including phenoxy) is 1. The van der Waals surface area contributed by atoms with Crippen LogP contribution in [0.2, 0.25) is 5.02 Å². The van der Waals surface area contributed by atoms with Crippen LogP contribution in [-0.4, -0.2) is 36.4 Å². The van der Waals surface area contributed by atoms with Gasteiger partial charge in [0.15, 0.2) is 6.61 Å². The number of carbonyl (C=O) groups excluding carboxylic acids is 2. The number of carbonyl (C=O) groups is 2. The molecular weight excluding hydrogens is 424 g/mol. The quantitative estimate of drug-likeness (QED) is 0.525. The summed E-state index contributed by atoms with van der Waals surface area (Å²) in [5, 5.41) is 3.30. The van der Waals surface area contributed by atoms with E-state index in [1.165, 1.54) is 0 Å². The molecule has 0 saturated heterocycles. The third kappa shape index (κ3) is 6.34. The summed E-state index contributed by atoms with van der Waals surface area (Å²) in [5.41, 5.74) is 3.01. The molecule has 0 aliphatic heterocycles. The van der Waals surface area contributed by atoms with Crippen LogP contribution >= 0.6 is 11.6 Å². The van der Waals surface area contributed by atoms with Crippen LogP contribution in [0.5, 0.6) is 5.75 Å². The lowest BCUT2D eigenvalue weighted by Crippen LogP contribution is -2.51. The Hall–Kier alpha value is -3.31. The van der Waals surface area contributed by atoms with Gasteiger partial charge in [0.1, 0.15) is 11.8 Å². The predicted octanol–water partition coefficient (Wildman–Crippen LogP) is 4.41. The molecule has 0 aliphatic carbocycles. The van der Waals surface area contributed by atoms with E-state index in [-0.39, 0.29) is 18.4 Å². The van der Waals surface area contributed by atoms with Crippen LogP contribution in [0, 0.1) is 6.92 Å². The number of nitrogens with zero attached hydrogens (tertiary/aromatic N) is 1. The fourth-order valence-corrected chi connectivity index (χ4v) is 3.58. The molecule has 32 heavy (non-hydrogen) atoms. The van der Waals surface area contributed by atoms with Crippen molar-refractivity contribution in [2.24, 2.45) is 0 Å². The van der Waals surface area contributed by atoms with Crippen LogP contribution < -0.4 is 10.1 Å². The highest BCUT2D eigenvalue weighted by atomic mass is 35.5. The van der Waals surface area contributed by atoms with Gasteiger partial charge in [-0.05, 0) is 47.9 Å². The summed E-state index contributed by atoms with van der Waals surface area (Å²) in [6.07, 6.45) is 0.402. The van der Waals surface area contributed by atoms with Crippen LogP contribution in [-0.2, 0) is 22.6 Å². The molecule has 1 atom stereocenters. The molecule has 1 N–H and O–H groups in total. The van der Waals surface area contributed by atoms with E-state index in [0.29, 0.717) is 23.7 Å². The van der Waals surface area contributed by atoms with Crippen molar-refractivity contribution in [3.8, 4) is 5.75 Å². The molecule has 0 radical (unpaired) electrons. The van der Waals surface area contributed by atoms with Gasteiger partial charge in [0.25, 0.3) is 5.91 Å². The van der Waals surface area contributed by atoms with E-state index < -0.39 is 6.04 Å². The Morgan fingerprint density at radius 1 is 0.969 bits per heavy atom. The number of nitrogens with one attached hydrogen (secondary N) is 1. The number of amides is 2. The zero-order valence-corrected chi connectivity index (χ0v) is 19.0. The molecule has 3 aromatic carbocycles. The first-order chi connectivity index (χ1) is 15.5. The fraction of sp³-hybridized carbons (Fsp3) is 0.231. The van der Waals surface area contributed by atoms with Crippen LogP contribution in [0.25, 0.3) is 0 Å². The van der Waals surface area contributed by atoms with Crippen LogP contribution in [0.15, 0.2) is 78.9 Å². The molecule has 0 saturated carbocycles. The first-order valence-corrected chi connectivity index (χ1v) is 10.8. The Balaban J connectivity index is 1.87. The molecule has 0 aliphatic rings. The van der Waals surface area contributed by atoms with Crippen LogP contribution in [0.1, 0.15) is 16.7 Å². The molecule has 1 unspecified atom stereocenters. The smallest absolute Gasteiger partial charge is 0.261 e. The maximum absolute atomic E-state index is 13.3. The second-order valence-corrected chi connectivity index (χ2v) is 7.95. The van der Waals surface area contributed by atoms with Crippen molar-refractivity contribution in [1.29, 1.82) is 0 Å². The largest absolute Gasteiger partial charge is 0.484 e. The molecule has 0 aromatic heterocycles. The van der Waals surface area contributed by atoms with Crippen molar-refractivity contribution in [2.75, 3.05) is 13.7 Å². The predicted molar refractivity (Wildman–Crippen MR) is 127 cm³/mol. The summed E-state index contributed by atoms with van der Waals surface area (Å²) < 4.78 is 5.70. The molecule has 2 amide bonds. The standard InChI is InChI=1S/C26H27ClN2O3/c1-19-8-6-7-11-21(19)17-29(25(30)18-32-23-14-12-22(27)13-15-23)24(26(31)28-2)16-20-9-4-3-5-10-20/h3-15,24H,16-18H2,1-2H3,(H,28,31). The third-order valence-corrected chi connectivity index (χ3v) is 5.55. The number of hydrogen-bond acceptors (Lipinski definition) is 3. The minimum Gasteiger partial charge on any atom is -0.484 e. The molecule has 3 aromatic rings. The van der Waals surface area contributed by atoms with E-state index in [0.717, 1.165) is 16.7 Å². The van der Waals surface area contributed by atoms with E-state index >= 15 is 0 Å². The van der Waals surface area contributed by atoms with E-state index in [2.05, 4.69) is 5.32 Å². The SMILES string of the molecule is CNC(=O)C(Cc1ccccc1)N(Cc1ccccc1C)C(=O)COc1ccc(Cl)cc1. The number of hydrogen-bond donors (Lipinski definition) is 1. The molecule has 3 rings (SSSR count). The first-order valence-electron chi connectivity index (χ1n) is 10.5. The van der Waals surface area contributed by atoms with Gasteiger partial charge in [0.05, 0.1) is 0 Å². The molecule has 0 spiro atoms. The maximum Gasteiger partial charge on any atom is 0.261 e. The summed E-state index contributed by atoms with van der Waals surface area (Å²) in [6.45, 7) is 2.12. The van der Waals surface area contributed by atoms with Crippen LogP contribution in [0.4, 0.5) is 0 Å². The summed E-state index contributed by atoms with van der Waals surface area (Å²) in [7, 11) is 1.58. The van der Waals surface area contributed by atoms with Gasteiger partial charge in [0.2, 0.25) is 5.91 Å². The zero-order chi connectivity index (χ0) is 22.9. The van der Waals surface area contributed by atoms with E-state index in [1.807, 2.05) is 61.5 Å². The Bertz CT molecular complexity index is 1040. The second-order valence-electron chi connectivity index (χ2n) is 7.51. The van der Waals surface area contributed by atoms with E-state index in [1.54, 1.807) is 36.2 Å². The Morgan fingerprint density at radius 2 is 1.62 bits per heavy atom. The van der Waals surface area contributed by atoms with Crippen molar-refractivity contribution < 1.29 is 14.3 Å². The zero-order valence-electron chi connectivity index (χ0n) is 18.3. The highest BCUT2D eigenvalue weighted by Gasteiger charge is 2.30. The van der Waals surface area contributed by atoms with Crippen molar-refractivity contribution in [3.63, 3.8) is 0 Å². The molecule has 166 valence electrons. The van der Waals surface area contributed by atoms with Crippen molar-refractivity contribution in [3.05, 3.63) is 101 Å². The van der Waals surface area contributed by atoms with E-state index in [9.17, 15) is 9.59 Å². The summed E-state index contributed by atoms with van der Waals surface area (Å²) in [6, 6.07) is 23.7. The highest BCUT2D eigenvalue weighted by Crippen LogP contribution is 2.19. The van der Waals surface area contributed by atoms with Gasteiger partial charge in [-0.1, -0.05) is 66.2 Å². The molecular formula is C26H27ClN2O3. The number of halogens is 1. The number of benzene rings is 3. The van der Waals surface area contributed by atoms with Gasteiger partial charge in [-0.15, -0.1) is 0 Å². The van der Waals surface area contributed by atoms with Gasteiger partial charge in [-0.3, -0.25) is 9.59 Å². The Labute approximate surface area is 194 Å². The van der Waals surface area contributed by atoms with Gasteiger partial charge < -0.3 is 15.0 Å². The average Bonchev–Trinajstić information content (AvgIpc) is 2.82. The van der Waals surface area contributed by atoms with Gasteiger partial charge in [-0.2, -0.15) is 0 Å². The molecule has 0 fully saturated rings. The number of likely N-dealkylation sites (N-methyl/N-ethyl adjacent to an activating group) is 1. The molecule has 0 heterocycles. The fourth-order valence-electron chi connectivity index (χ4n) is 3.45. The van der Waals surface area contributed by atoms with Gasteiger partial charge >= 0.3 is 0 Å². The first kappa shape index (κ1) is 23.4. The number of rotatable bonds is 9. The van der Waals surface area contributed by atoms with Crippen molar-refractivity contribution in [2.45, 2.75) is 25.9 Å². The van der Waals surface area contributed by atoms with Crippen molar-refractivity contribution >= 4 is 23.4 Å². The lowest BCUT2D eigenvalue weighted by Gasteiger charge is -2.31. The van der Waals surface area contributed by atoms with Gasteiger partial charge in [0, 0.05) is 25.0 Å². The Kier molecular flexibility index (Phi) is 8.28. The minimum absolute atomic E-state index is 0.185. The topological polar surface area (TPSA) is 58.6 Å². The summed E-state index contributed by atoms with van der Waals surface area (Å²) in [4.78, 5) is 27.8. The summed E-state index contributed by atoms with van der Waals surface area (Å²) >= 11 is 5.92. The van der Waals surface area contributed by atoms with Crippen LogP contribution in [0.3, 0.4) is 0 Å². The normalized spacial score (nSPS) is 11.5. The molecule has 5 nitrogen and oxygen atoms in total. The van der Waals surface area contributed by atoms with Gasteiger partial charge in [-0.25, -0.2) is 0 Å². The summed E-state index contributed by atoms with van der Waals surface area (Å²) in [5.74, 6) is 0.0492. The highest BCUT2D eigenvalue weighted by molar-refractivity contribution is 6.30. The lowest BCUT2D eigenvalue weighted by atomic mass is 10.0. The lowest BCUT2D eigenvalue weighted by molar-refractivity contribution is -0.142. The Morgan fingerprint density at radius 3 is 2.28 bits per heavy atom. The third-order valence-electron chi connectivity index (χ3n) is 5.30. The monoisotopic (exact) mass is 450 g/mol. The van der Waals surface area contributed by atoms with Crippen molar-refractivity contribution in [1.82, 2.24) is 10.2 Å². The second kappa shape index (κ2) is 11.3. The maximum atomic E-state index is 13.3. The van der Waals surface area contributed by atoms with E-state index in [4.69, 9.17) is 16.3 Å². The molecule has 6 heteroatoms.